The highest BCUT2D eigenvalue weighted by Gasteiger charge is 2.28. The molecule has 1 aliphatic heterocycles. The van der Waals surface area contributed by atoms with Gasteiger partial charge < -0.3 is 15.5 Å². The second-order valence-corrected chi connectivity index (χ2v) is 6.30. The van der Waals surface area contributed by atoms with Crippen molar-refractivity contribution in [1.82, 2.24) is 20.2 Å². The smallest absolute Gasteiger partial charge is 0.322 e. The summed E-state index contributed by atoms with van der Waals surface area (Å²) in [5.74, 6) is -2.29. The summed E-state index contributed by atoms with van der Waals surface area (Å²) in [6, 6.07) is 2.99. The molecule has 3 amide bonds. The van der Waals surface area contributed by atoms with E-state index in [9.17, 15) is 18.4 Å². The third kappa shape index (κ3) is 3.73. The number of anilines is 1. The Bertz CT molecular complexity index is 1000. The van der Waals surface area contributed by atoms with Gasteiger partial charge in [-0.05, 0) is 26.0 Å². The van der Waals surface area contributed by atoms with Crippen LogP contribution < -0.4 is 10.6 Å². The maximum Gasteiger partial charge on any atom is 0.322 e. The molecule has 3 rings (SSSR count). The van der Waals surface area contributed by atoms with Gasteiger partial charge in [-0.25, -0.2) is 23.5 Å². The lowest BCUT2D eigenvalue weighted by Crippen LogP contribution is -2.45. The molecule has 0 bridgehead atoms. The summed E-state index contributed by atoms with van der Waals surface area (Å²) in [5, 5.41) is 14.0. The molecular weight excluding hydrogens is 370 g/mol. The van der Waals surface area contributed by atoms with E-state index in [1.807, 2.05) is 6.07 Å². The van der Waals surface area contributed by atoms with Crippen LogP contribution in [0.25, 0.3) is 0 Å². The Morgan fingerprint density at radius 3 is 2.89 bits per heavy atom. The van der Waals surface area contributed by atoms with Crippen molar-refractivity contribution in [1.29, 1.82) is 5.26 Å². The van der Waals surface area contributed by atoms with E-state index in [0.717, 1.165) is 11.0 Å². The molecule has 0 saturated heterocycles. The molecular formula is C18H16F2N6O2. The standard InChI is InChI=1S/C18H16F2N6O2/c1-9-11(5-21)6-22-17(24-9)10(2)23-15(27)8-26-7-12-14(25-18(26)28)4-3-13(19)16(12)20/h3-4,6,10H,7-8H2,1-2H3,(H,23,27)(H,25,28). The molecule has 2 N–H and O–H groups in total. The Kier molecular flexibility index (Phi) is 5.17. The third-order valence-corrected chi connectivity index (χ3v) is 4.29. The number of aromatic nitrogens is 2. The monoisotopic (exact) mass is 386 g/mol. The normalized spacial score (nSPS) is 14.0. The molecule has 2 heterocycles. The van der Waals surface area contributed by atoms with Crippen molar-refractivity contribution < 1.29 is 18.4 Å². The average Bonchev–Trinajstić information content (AvgIpc) is 2.66. The topological polar surface area (TPSA) is 111 Å². The van der Waals surface area contributed by atoms with Crippen molar-refractivity contribution in [3.05, 3.63) is 52.6 Å². The number of carbonyl (C=O) groups excluding carboxylic acids is 2. The highest BCUT2D eigenvalue weighted by atomic mass is 19.2. The molecule has 0 fully saturated rings. The van der Waals surface area contributed by atoms with Gasteiger partial charge in [0.15, 0.2) is 17.5 Å². The molecule has 1 aromatic carbocycles. The van der Waals surface area contributed by atoms with Gasteiger partial charge in [0.25, 0.3) is 0 Å². The number of aryl methyl sites for hydroxylation is 1. The number of benzene rings is 1. The lowest BCUT2D eigenvalue weighted by atomic mass is 10.1. The summed E-state index contributed by atoms with van der Waals surface area (Å²) < 4.78 is 27.4. The zero-order valence-corrected chi connectivity index (χ0v) is 15.1. The number of halogens is 2. The summed E-state index contributed by atoms with van der Waals surface area (Å²) in [5.41, 5.74) is 0.972. The Morgan fingerprint density at radius 1 is 1.46 bits per heavy atom. The van der Waals surface area contributed by atoms with E-state index in [-0.39, 0.29) is 24.3 Å². The fourth-order valence-electron chi connectivity index (χ4n) is 2.78. The summed E-state index contributed by atoms with van der Waals surface area (Å²) in [4.78, 5) is 33.7. The van der Waals surface area contributed by atoms with Crippen LogP contribution in [0.5, 0.6) is 0 Å². The molecule has 2 aromatic rings. The van der Waals surface area contributed by atoms with Crippen molar-refractivity contribution >= 4 is 17.6 Å². The van der Waals surface area contributed by atoms with Gasteiger partial charge in [-0.15, -0.1) is 0 Å². The predicted molar refractivity (Wildman–Crippen MR) is 93.8 cm³/mol. The Hall–Kier alpha value is -3.61. The zero-order valence-electron chi connectivity index (χ0n) is 15.1. The van der Waals surface area contributed by atoms with Crippen molar-refractivity contribution in [3.8, 4) is 6.07 Å². The van der Waals surface area contributed by atoms with Gasteiger partial charge >= 0.3 is 6.03 Å². The number of hydrogen-bond acceptors (Lipinski definition) is 5. The number of nitrogens with zero attached hydrogens (tertiary/aromatic N) is 4. The highest BCUT2D eigenvalue weighted by molar-refractivity contribution is 5.94. The predicted octanol–water partition coefficient (Wildman–Crippen LogP) is 2.16. The van der Waals surface area contributed by atoms with E-state index >= 15 is 0 Å². The van der Waals surface area contributed by atoms with Crippen molar-refractivity contribution in [3.63, 3.8) is 0 Å². The van der Waals surface area contributed by atoms with Gasteiger partial charge in [-0.3, -0.25) is 4.79 Å². The first-order chi connectivity index (χ1) is 13.3. The molecule has 28 heavy (non-hydrogen) atoms. The van der Waals surface area contributed by atoms with Crippen LogP contribution in [0.2, 0.25) is 0 Å². The lowest BCUT2D eigenvalue weighted by Gasteiger charge is -2.29. The van der Waals surface area contributed by atoms with E-state index < -0.39 is 29.6 Å². The third-order valence-electron chi connectivity index (χ3n) is 4.29. The largest absolute Gasteiger partial charge is 0.345 e. The van der Waals surface area contributed by atoms with Crippen LogP contribution in [0.15, 0.2) is 18.3 Å². The molecule has 0 aliphatic carbocycles. The minimum Gasteiger partial charge on any atom is -0.345 e. The van der Waals surface area contributed by atoms with Crippen molar-refractivity contribution in [2.24, 2.45) is 0 Å². The SMILES string of the molecule is Cc1nc(C(C)NC(=O)CN2Cc3c(ccc(F)c3F)NC2=O)ncc1C#N. The highest BCUT2D eigenvalue weighted by Crippen LogP contribution is 2.27. The molecule has 144 valence electrons. The van der Waals surface area contributed by atoms with Crippen LogP contribution >= 0.6 is 0 Å². The number of hydrogen-bond donors (Lipinski definition) is 2. The van der Waals surface area contributed by atoms with E-state index in [0.29, 0.717) is 17.1 Å². The fraction of sp³-hybridized carbons (Fsp3) is 0.278. The number of urea groups is 1. The molecule has 0 radical (unpaired) electrons. The van der Waals surface area contributed by atoms with Gasteiger partial charge in [0.1, 0.15) is 12.6 Å². The molecule has 8 nitrogen and oxygen atoms in total. The Labute approximate surface area is 159 Å². The van der Waals surface area contributed by atoms with Gasteiger partial charge in [0, 0.05) is 11.8 Å². The van der Waals surface area contributed by atoms with E-state index in [2.05, 4.69) is 20.6 Å². The maximum absolute atomic E-state index is 14.0. The zero-order chi connectivity index (χ0) is 20.4. The van der Waals surface area contributed by atoms with Gasteiger partial charge in [0.2, 0.25) is 5.91 Å². The van der Waals surface area contributed by atoms with Gasteiger partial charge in [-0.2, -0.15) is 5.26 Å². The number of nitriles is 1. The number of fused-ring (bicyclic) bond motifs is 1. The Morgan fingerprint density at radius 2 is 2.21 bits per heavy atom. The quantitative estimate of drug-likeness (QED) is 0.837. The maximum atomic E-state index is 14.0. The van der Waals surface area contributed by atoms with Crippen LogP contribution in [-0.2, 0) is 11.3 Å². The second kappa shape index (κ2) is 7.56. The molecule has 10 heteroatoms. The van der Waals surface area contributed by atoms with Gasteiger partial charge in [-0.1, -0.05) is 0 Å². The number of amides is 3. The molecule has 0 spiro atoms. The summed E-state index contributed by atoms with van der Waals surface area (Å²) in [6.45, 7) is 2.71. The van der Waals surface area contributed by atoms with E-state index in [1.54, 1.807) is 13.8 Å². The molecule has 1 unspecified atom stereocenters. The first-order valence-corrected chi connectivity index (χ1v) is 8.36. The number of nitrogens with one attached hydrogen (secondary N) is 2. The number of rotatable bonds is 4. The molecule has 1 aromatic heterocycles. The Balaban J connectivity index is 1.67. The van der Waals surface area contributed by atoms with Crippen LogP contribution in [0, 0.1) is 29.9 Å². The summed E-state index contributed by atoms with van der Waals surface area (Å²) in [6.07, 6.45) is 1.37. The molecule has 0 saturated carbocycles. The van der Waals surface area contributed by atoms with Crippen molar-refractivity contribution in [2.75, 3.05) is 11.9 Å². The van der Waals surface area contributed by atoms with Crippen LogP contribution in [0.4, 0.5) is 19.3 Å². The van der Waals surface area contributed by atoms with E-state index in [1.165, 1.54) is 12.3 Å². The minimum atomic E-state index is -1.06. The van der Waals surface area contributed by atoms with Gasteiger partial charge in [0.05, 0.1) is 29.5 Å². The average molecular weight is 386 g/mol. The van der Waals surface area contributed by atoms with E-state index in [4.69, 9.17) is 5.26 Å². The molecule has 1 atom stereocenters. The minimum absolute atomic E-state index is 0.0218. The fourth-order valence-corrected chi connectivity index (χ4v) is 2.78. The summed E-state index contributed by atoms with van der Waals surface area (Å²) >= 11 is 0. The van der Waals surface area contributed by atoms with Crippen LogP contribution in [0.1, 0.15) is 35.6 Å². The molecule has 1 aliphatic rings. The van der Waals surface area contributed by atoms with Crippen molar-refractivity contribution in [2.45, 2.75) is 26.4 Å². The first kappa shape index (κ1) is 19.2. The van der Waals surface area contributed by atoms with Crippen LogP contribution in [0.3, 0.4) is 0 Å². The number of carbonyl (C=O) groups is 2. The second-order valence-electron chi connectivity index (χ2n) is 6.30. The summed E-state index contributed by atoms with van der Waals surface area (Å²) in [7, 11) is 0. The lowest BCUT2D eigenvalue weighted by molar-refractivity contribution is -0.122. The first-order valence-electron chi connectivity index (χ1n) is 8.36. The van der Waals surface area contributed by atoms with Crippen LogP contribution in [-0.4, -0.2) is 33.4 Å².